The molecule has 0 bridgehead atoms. The minimum atomic E-state index is -0.238. The molecule has 0 radical (unpaired) electrons. The topological polar surface area (TPSA) is 67.2 Å². The molecular formula is C15H25N3O2S. The van der Waals surface area contributed by atoms with Crippen LogP contribution < -0.4 is 10.6 Å². The third kappa shape index (κ3) is 4.74. The summed E-state index contributed by atoms with van der Waals surface area (Å²) in [6, 6.07) is 1.90. The van der Waals surface area contributed by atoms with E-state index in [4.69, 9.17) is 4.52 Å². The summed E-state index contributed by atoms with van der Waals surface area (Å²) in [4.78, 5) is 12.2. The Balaban J connectivity index is 1.86. The van der Waals surface area contributed by atoms with E-state index in [0.29, 0.717) is 17.2 Å². The summed E-state index contributed by atoms with van der Waals surface area (Å²) in [5.74, 6) is 1.46. The maximum absolute atomic E-state index is 12.2. The highest BCUT2D eigenvalue weighted by molar-refractivity contribution is 7.99. The van der Waals surface area contributed by atoms with Gasteiger partial charge in [0.25, 0.3) is 0 Å². The smallest absolute Gasteiger partial charge is 0.243 e. The Labute approximate surface area is 130 Å². The Morgan fingerprint density at radius 1 is 1.52 bits per heavy atom. The zero-order valence-electron chi connectivity index (χ0n) is 13.0. The molecule has 3 unspecified atom stereocenters. The third-order valence-electron chi connectivity index (χ3n) is 3.82. The predicted molar refractivity (Wildman–Crippen MR) is 86.6 cm³/mol. The fourth-order valence-corrected chi connectivity index (χ4v) is 3.96. The number of carbonyl (C=O) groups is 1. The maximum atomic E-state index is 12.2. The van der Waals surface area contributed by atoms with Crippen LogP contribution in [0.2, 0.25) is 0 Å². The molecule has 1 amide bonds. The molecule has 0 aromatic carbocycles. The Morgan fingerprint density at radius 3 is 2.95 bits per heavy atom. The summed E-state index contributed by atoms with van der Waals surface area (Å²) in [7, 11) is 0. The van der Waals surface area contributed by atoms with E-state index in [9.17, 15) is 4.79 Å². The second-order valence-electron chi connectivity index (χ2n) is 5.59. The van der Waals surface area contributed by atoms with Gasteiger partial charge < -0.3 is 9.84 Å². The number of carbonyl (C=O) groups excluding carboxylic acids is 1. The van der Waals surface area contributed by atoms with Gasteiger partial charge in [-0.25, -0.2) is 0 Å². The van der Waals surface area contributed by atoms with Crippen LogP contribution in [0.25, 0.3) is 0 Å². The molecular weight excluding hydrogens is 286 g/mol. The first-order chi connectivity index (χ1) is 10.1. The van der Waals surface area contributed by atoms with Gasteiger partial charge in [-0.1, -0.05) is 24.9 Å². The SMILES string of the molecule is CCSC1CCCCC1NC(C)C(=O)Nc1cc(C)no1. The van der Waals surface area contributed by atoms with E-state index in [1.165, 1.54) is 19.3 Å². The minimum absolute atomic E-state index is 0.0722. The number of amides is 1. The predicted octanol–water partition coefficient (Wildman–Crippen LogP) is 2.96. The highest BCUT2D eigenvalue weighted by atomic mass is 32.2. The summed E-state index contributed by atoms with van der Waals surface area (Å²) < 4.78 is 5.02. The second kappa shape index (κ2) is 7.84. The van der Waals surface area contributed by atoms with E-state index in [1.54, 1.807) is 6.07 Å². The number of nitrogens with one attached hydrogen (secondary N) is 2. The number of aryl methyl sites for hydroxylation is 1. The van der Waals surface area contributed by atoms with Gasteiger partial charge in [-0.05, 0) is 32.4 Å². The molecule has 21 heavy (non-hydrogen) atoms. The van der Waals surface area contributed by atoms with Crippen molar-refractivity contribution in [3.63, 3.8) is 0 Å². The van der Waals surface area contributed by atoms with Gasteiger partial charge in [-0.2, -0.15) is 11.8 Å². The molecule has 2 rings (SSSR count). The van der Waals surface area contributed by atoms with Crippen LogP contribution in [0, 0.1) is 6.92 Å². The van der Waals surface area contributed by atoms with Gasteiger partial charge in [0.1, 0.15) is 0 Å². The summed E-state index contributed by atoms with van der Waals surface area (Å²) in [5.41, 5.74) is 0.762. The van der Waals surface area contributed by atoms with Crippen LogP contribution in [-0.4, -0.2) is 34.2 Å². The van der Waals surface area contributed by atoms with Crippen LogP contribution in [0.1, 0.15) is 45.2 Å². The minimum Gasteiger partial charge on any atom is -0.338 e. The van der Waals surface area contributed by atoms with Crippen molar-refractivity contribution < 1.29 is 9.32 Å². The van der Waals surface area contributed by atoms with Crippen molar-refractivity contribution in [3.8, 4) is 0 Å². The highest BCUT2D eigenvalue weighted by Gasteiger charge is 2.28. The molecule has 1 heterocycles. The molecule has 118 valence electrons. The Kier molecular flexibility index (Phi) is 6.11. The third-order valence-corrected chi connectivity index (χ3v) is 5.14. The zero-order chi connectivity index (χ0) is 15.2. The lowest BCUT2D eigenvalue weighted by Crippen LogP contribution is -2.49. The summed E-state index contributed by atoms with van der Waals surface area (Å²) in [5, 5.41) is 10.6. The molecule has 1 aliphatic carbocycles. The van der Waals surface area contributed by atoms with Crippen molar-refractivity contribution >= 4 is 23.6 Å². The first-order valence-corrected chi connectivity index (χ1v) is 8.77. The molecule has 1 aromatic rings. The van der Waals surface area contributed by atoms with Crippen LogP contribution in [0.5, 0.6) is 0 Å². The normalized spacial score (nSPS) is 23.8. The molecule has 1 aliphatic rings. The summed E-state index contributed by atoms with van der Waals surface area (Å²) >= 11 is 2.00. The van der Waals surface area contributed by atoms with E-state index < -0.39 is 0 Å². The van der Waals surface area contributed by atoms with Gasteiger partial charge in [0.2, 0.25) is 11.8 Å². The van der Waals surface area contributed by atoms with Gasteiger partial charge in [0.05, 0.1) is 11.7 Å². The second-order valence-corrected chi connectivity index (χ2v) is 7.11. The van der Waals surface area contributed by atoms with Crippen LogP contribution in [-0.2, 0) is 4.79 Å². The molecule has 0 saturated heterocycles. The van der Waals surface area contributed by atoms with Crippen molar-refractivity contribution in [2.45, 2.75) is 63.8 Å². The van der Waals surface area contributed by atoms with Crippen LogP contribution in [0.4, 0.5) is 5.88 Å². The number of hydrogen-bond donors (Lipinski definition) is 2. The molecule has 0 spiro atoms. The molecule has 1 aromatic heterocycles. The van der Waals surface area contributed by atoms with Gasteiger partial charge in [0.15, 0.2) is 0 Å². The lowest BCUT2D eigenvalue weighted by atomic mass is 9.94. The molecule has 3 atom stereocenters. The maximum Gasteiger partial charge on any atom is 0.243 e. The van der Waals surface area contributed by atoms with Crippen LogP contribution in [0.15, 0.2) is 10.6 Å². The monoisotopic (exact) mass is 311 g/mol. The highest BCUT2D eigenvalue weighted by Crippen LogP contribution is 2.28. The summed E-state index contributed by atoms with van der Waals surface area (Å²) in [6.07, 6.45) is 4.93. The number of hydrogen-bond acceptors (Lipinski definition) is 5. The first kappa shape index (κ1) is 16.4. The number of nitrogens with zero attached hydrogens (tertiary/aromatic N) is 1. The van der Waals surface area contributed by atoms with Crippen molar-refractivity contribution in [1.82, 2.24) is 10.5 Å². The Morgan fingerprint density at radius 2 is 2.29 bits per heavy atom. The van der Waals surface area contributed by atoms with E-state index >= 15 is 0 Å². The van der Waals surface area contributed by atoms with E-state index in [-0.39, 0.29) is 11.9 Å². The average Bonchev–Trinajstić information content (AvgIpc) is 2.86. The lowest BCUT2D eigenvalue weighted by molar-refractivity contribution is -0.118. The van der Waals surface area contributed by atoms with Crippen molar-refractivity contribution in [2.24, 2.45) is 0 Å². The number of rotatable bonds is 6. The van der Waals surface area contributed by atoms with Crippen molar-refractivity contribution in [3.05, 3.63) is 11.8 Å². The molecule has 5 nitrogen and oxygen atoms in total. The van der Waals surface area contributed by atoms with Gasteiger partial charge in [-0.3, -0.25) is 10.1 Å². The van der Waals surface area contributed by atoms with Gasteiger partial charge in [-0.15, -0.1) is 0 Å². The van der Waals surface area contributed by atoms with E-state index in [2.05, 4.69) is 22.7 Å². The Hall–Kier alpha value is -1.01. The van der Waals surface area contributed by atoms with Crippen LogP contribution in [0.3, 0.4) is 0 Å². The first-order valence-electron chi connectivity index (χ1n) is 7.72. The molecule has 6 heteroatoms. The molecule has 1 fully saturated rings. The van der Waals surface area contributed by atoms with Crippen molar-refractivity contribution in [2.75, 3.05) is 11.1 Å². The number of anilines is 1. The fraction of sp³-hybridized carbons (Fsp3) is 0.733. The quantitative estimate of drug-likeness (QED) is 0.845. The van der Waals surface area contributed by atoms with Gasteiger partial charge >= 0.3 is 0 Å². The molecule has 0 aliphatic heterocycles. The lowest BCUT2D eigenvalue weighted by Gasteiger charge is -2.33. The van der Waals surface area contributed by atoms with Gasteiger partial charge in [0, 0.05) is 17.4 Å². The van der Waals surface area contributed by atoms with Crippen LogP contribution >= 0.6 is 11.8 Å². The standard InChI is InChI=1S/C15H25N3O2S/c1-4-21-13-8-6-5-7-12(13)16-11(3)15(19)17-14-9-10(2)18-20-14/h9,11-13,16H,4-8H2,1-3H3,(H,17,19). The van der Waals surface area contributed by atoms with E-state index in [0.717, 1.165) is 17.9 Å². The average molecular weight is 311 g/mol. The number of aromatic nitrogens is 1. The number of thioether (sulfide) groups is 1. The van der Waals surface area contributed by atoms with E-state index in [1.807, 2.05) is 25.6 Å². The molecule has 2 N–H and O–H groups in total. The summed E-state index contributed by atoms with van der Waals surface area (Å²) in [6.45, 7) is 5.93. The largest absolute Gasteiger partial charge is 0.338 e. The fourth-order valence-electron chi connectivity index (χ4n) is 2.75. The zero-order valence-corrected chi connectivity index (χ0v) is 13.8. The van der Waals surface area contributed by atoms with Crippen molar-refractivity contribution in [1.29, 1.82) is 0 Å². The molecule has 1 saturated carbocycles. The Bertz CT molecular complexity index is 462.